The van der Waals surface area contributed by atoms with Crippen LogP contribution in [0.3, 0.4) is 0 Å². The van der Waals surface area contributed by atoms with Gasteiger partial charge in [0.25, 0.3) is 0 Å². The quantitative estimate of drug-likeness (QED) is 0.0275. The smallest absolute Gasteiger partial charge is 0.306 e. The number of carbonyl (C=O) groups excluding carboxylic acids is 1. The maximum Gasteiger partial charge on any atom is 0.306 e. The van der Waals surface area contributed by atoms with Gasteiger partial charge in [0.2, 0.25) is 0 Å². The lowest BCUT2D eigenvalue weighted by Crippen LogP contribution is -2.59. The molecule has 0 aliphatic carbocycles. The van der Waals surface area contributed by atoms with Crippen LogP contribution >= 0.6 is 0 Å². The van der Waals surface area contributed by atoms with E-state index in [1.807, 2.05) is 0 Å². The molecule has 1 aliphatic heterocycles. The first-order valence-corrected chi connectivity index (χ1v) is 22.4. The first kappa shape index (κ1) is 50.7. The van der Waals surface area contributed by atoms with Crippen molar-refractivity contribution in [3.05, 3.63) is 24.3 Å². The fourth-order valence-corrected chi connectivity index (χ4v) is 6.77. The number of ether oxygens (including phenoxy) is 4. The Morgan fingerprint density at radius 1 is 0.574 bits per heavy atom. The van der Waals surface area contributed by atoms with E-state index in [1.54, 1.807) is 0 Å². The maximum atomic E-state index is 12.8. The summed E-state index contributed by atoms with van der Waals surface area (Å²) >= 11 is 0. The average Bonchev–Trinajstić information content (AvgIpc) is 3.17. The summed E-state index contributed by atoms with van der Waals surface area (Å²) in [6.45, 7) is 4.54. The summed E-state index contributed by atoms with van der Waals surface area (Å²) in [6.07, 6.45) is 34.8. The number of allylic oxidation sites excluding steroid dienone is 4. The van der Waals surface area contributed by atoms with Gasteiger partial charge in [-0.05, 0) is 64.2 Å². The minimum absolute atomic E-state index is 0.117. The molecule has 1 fully saturated rings. The van der Waals surface area contributed by atoms with E-state index in [2.05, 4.69) is 38.2 Å². The van der Waals surface area contributed by atoms with E-state index < -0.39 is 43.4 Å². The predicted molar refractivity (Wildman–Crippen MR) is 219 cm³/mol. The van der Waals surface area contributed by atoms with Gasteiger partial charge in [-0.1, -0.05) is 147 Å². The second-order valence-electron chi connectivity index (χ2n) is 15.5. The Morgan fingerprint density at radius 2 is 1.02 bits per heavy atom. The van der Waals surface area contributed by atoms with E-state index in [1.165, 1.54) is 128 Å². The van der Waals surface area contributed by atoms with Gasteiger partial charge in [-0.3, -0.25) is 4.79 Å². The number of rotatable bonds is 38. The molecule has 1 rings (SSSR count). The van der Waals surface area contributed by atoms with Crippen LogP contribution in [0.5, 0.6) is 0 Å². The Balaban J connectivity index is 2.28. The minimum atomic E-state index is -1.54. The van der Waals surface area contributed by atoms with E-state index in [0.717, 1.165) is 44.9 Å². The van der Waals surface area contributed by atoms with Gasteiger partial charge in [0.05, 0.1) is 19.8 Å². The third-order valence-electron chi connectivity index (χ3n) is 10.3. The van der Waals surface area contributed by atoms with Gasteiger partial charge in [-0.15, -0.1) is 0 Å². The summed E-state index contributed by atoms with van der Waals surface area (Å²) in [4.78, 5) is 12.8. The van der Waals surface area contributed by atoms with Crippen molar-refractivity contribution in [2.45, 2.75) is 230 Å². The topological polar surface area (TPSA) is 135 Å². The highest BCUT2D eigenvalue weighted by Crippen LogP contribution is 2.22. The molecule has 0 spiro atoms. The van der Waals surface area contributed by atoms with Crippen LogP contribution in [0, 0.1) is 0 Å². The van der Waals surface area contributed by atoms with Crippen LogP contribution in [0.4, 0.5) is 0 Å². The molecule has 9 heteroatoms. The third kappa shape index (κ3) is 28.1. The molecule has 1 heterocycles. The fraction of sp³-hybridized carbons (Fsp3) is 0.889. The highest BCUT2D eigenvalue weighted by molar-refractivity contribution is 5.69. The molecule has 318 valence electrons. The molecule has 0 aromatic heterocycles. The highest BCUT2D eigenvalue weighted by Gasteiger charge is 2.44. The Morgan fingerprint density at radius 3 is 1.50 bits per heavy atom. The number of aliphatic hydroxyl groups excluding tert-OH is 4. The van der Waals surface area contributed by atoms with Crippen LogP contribution in [0.15, 0.2) is 24.3 Å². The highest BCUT2D eigenvalue weighted by atomic mass is 16.7. The molecule has 1 aliphatic rings. The van der Waals surface area contributed by atoms with Crippen molar-refractivity contribution in [3.63, 3.8) is 0 Å². The summed E-state index contributed by atoms with van der Waals surface area (Å²) in [6, 6.07) is 0. The summed E-state index contributed by atoms with van der Waals surface area (Å²) < 4.78 is 22.8. The lowest BCUT2D eigenvalue weighted by Gasteiger charge is -2.39. The van der Waals surface area contributed by atoms with Crippen molar-refractivity contribution in [2.24, 2.45) is 0 Å². The third-order valence-corrected chi connectivity index (χ3v) is 10.3. The van der Waals surface area contributed by atoms with Crippen molar-refractivity contribution < 1.29 is 44.2 Å². The molecule has 0 bridgehead atoms. The molecule has 0 aromatic rings. The lowest BCUT2D eigenvalue weighted by atomic mass is 9.99. The Bertz CT molecular complexity index is 879. The van der Waals surface area contributed by atoms with Crippen molar-refractivity contribution in [2.75, 3.05) is 26.4 Å². The van der Waals surface area contributed by atoms with E-state index in [-0.39, 0.29) is 19.2 Å². The first-order chi connectivity index (χ1) is 26.4. The van der Waals surface area contributed by atoms with Crippen LogP contribution in [0.1, 0.15) is 194 Å². The zero-order valence-corrected chi connectivity index (χ0v) is 34.7. The van der Waals surface area contributed by atoms with Crippen molar-refractivity contribution >= 4 is 5.97 Å². The second kappa shape index (κ2) is 37.3. The number of carbonyl (C=O) groups is 1. The Labute approximate surface area is 330 Å². The van der Waals surface area contributed by atoms with Gasteiger partial charge < -0.3 is 39.4 Å². The van der Waals surface area contributed by atoms with Crippen LogP contribution in [-0.2, 0) is 23.7 Å². The number of aliphatic hydroxyl groups is 4. The SMILES string of the molecule is CCCCCCCC/C=C\CCCCCCCCOCC(COC1OC(CO)C(O)C(O)C1O)OC(=O)CCCCCCC/C=C\CCCCCCCC. The summed E-state index contributed by atoms with van der Waals surface area (Å²) in [7, 11) is 0. The molecule has 0 saturated carbocycles. The van der Waals surface area contributed by atoms with Crippen molar-refractivity contribution in [1.82, 2.24) is 0 Å². The molecule has 1 saturated heterocycles. The standard InChI is InChI=1S/C45H84O9/c1-3-5-7-9-11-13-15-17-19-21-23-25-27-29-31-33-35-51-37-39(38-52-45-44(50)43(49)42(48)40(36-46)54-45)53-41(47)34-32-30-28-26-24-22-20-18-16-14-12-10-8-6-4-2/h17-20,39-40,42-46,48-50H,3-16,21-38H2,1-2H3/b19-17-,20-18-. The first-order valence-electron chi connectivity index (χ1n) is 22.4. The molecule has 4 N–H and O–H groups in total. The summed E-state index contributed by atoms with van der Waals surface area (Å²) in [5, 5.41) is 40.1. The predicted octanol–water partition coefficient (Wildman–Crippen LogP) is 9.81. The molecule has 6 unspecified atom stereocenters. The molecule has 0 aromatic carbocycles. The second-order valence-corrected chi connectivity index (χ2v) is 15.5. The van der Waals surface area contributed by atoms with Crippen LogP contribution in [-0.4, -0.2) is 89.6 Å². The number of hydrogen-bond donors (Lipinski definition) is 4. The zero-order chi connectivity index (χ0) is 39.3. The fourth-order valence-electron chi connectivity index (χ4n) is 6.77. The summed E-state index contributed by atoms with van der Waals surface area (Å²) in [5.74, 6) is -0.323. The molecular formula is C45H84O9. The van der Waals surface area contributed by atoms with Gasteiger partial charge >= 0.3 is 5.97 Å². The number of unbranched alkanes of at least 4 members (excludes halogenated alkanes) is 23. The van der Waals surface area contributed by atoms with Gasteiger partial charge in [0, 0.05) is 13.0 Å². The zero-order valence-electron chi connectivity index (χ0n) is 34.7. The van der Waals surface area contributed by atoms with Crippen LogP contribution < -0.4 is 0 Å². The van der Waals surface area contributed by atoms with E-state index >= 15 is 0 Å². The largest absolute Gasteiger partial charge is 0.457 e. The maximum absolute atomic E-state index is 12.8. The Kier molecular flexibility index (Phi) is 35.0. The molecule has 6 atom stereocenters. The minimum Gasteiger partial charge on any atom is -0.457 e. The summed E-state index contributed by atoms with van der Waals surface area (Å²) in [5.41, 5.74) is 0. The number of esters is 1. The number of hydrogen-bond acceptors (Lipinski definition) is 9. The molecule has 0 radical (unpaired) electrons. The monoisotopic (exact) mass is 769 g/mol. The molecule has 0 amide bonds. The van der Waals surface area contributed by atoms with Crippen molar-refractivity contribution in [1.29, 1.82) is 0 Å². The normalized spacial score (nSPS) is 21.0. The van der Waals surface area contributed by atoms with E-state index in [4.69, 9.17) is 18.9 Å². The molecule has 54 heavy (non-hydrogen) atoms. The van der Waals surface area contributed by atoms with Gasteiger partial charge in [0.15, 0.2) is 6.29 Å². The Hall–Kier alpha value is -1.33. The van der Waals surface area contributed by atoms with Crippen LogP contribution in [0.2, 0.25) is 0 Å². The van der Waals surface area contributed by atoms with E-state index in [0.29, 0.717) is 13.0 Å². The van der Waals surface area contributed by atoms with E-state index in [9.17, 15) is 25.2 Å². The van der Waals surface area contributed by atoms with Gasteiger partial charge in [-0.2, -0.15) is 0 Å². The van der Waals surface area contributed by atoms with Crippen molar-refractivity contribution in [3.8, 4) is 0 Å². The average molecular weight is 769 g/mol. The lowest BCUT2D eigenvalue weighted by molar-refractivity contribution is -0.305. The van der Waals surface area contributed by atoms with Gasteiger partial charge in [0.1, 0.15) is 30.5 Å². The molecule has 9 nitrogen and oxygen atoms in total. The molecular weight excluding hydrogens is 684 g/mol. The van der Waals surface area contributed by atoms with Gasteiger partial charge in [-0.25, -0.2) is 0 Å². The van der Waals surface area contributed by atoms with Crippen LogP contribution in [0.25, 0.3) is 0 Å².